The third-order valence-corrected chi connectivity index (χ3v) is 5.05. The van der Waals surface area contributed by atoms with Crippen molar-refractivity contribution in [3.05, 3.63) is 52.7 Å². The minimum absolute atomic E-state index is 0.164. The van der Waals surface area contributed by atoms with Crippen LogP contribution in [0, 0.1) is 0 Å². The van der Waals surface area contributed by atoms with E-state index in [-0.39, 0.29) is 16.7 Å². The number of ether oxygens (including phenoxy) is 2. The fourth-order valence-electron chi connectivity index (χ4n) is 3.38. The van der Waals surface area contributed by atoms with Crippen LogP contribution in [0.1, 0.15) is 0 Å². The van der Waals surface area contributed by atoms with Crippen LogP contribution in [0.4, 0.5) is 0 Å². The third-order valence-electron chi connectivity index (χ3n) is 5.05. The number of aliphatic hydroxyl groups is 3. The number of carboxylic acid groups (broad SMARTS) is 1. The molecule has 3 aromatic rings. The van der Waals surface area contributed by atoms with Crippen LogP contribution in [0.3, 0.4) is 0 Å². The number of aliphatic carboxylic acids is 1. The zero-order valence-electron chi connectivity index (χ0n) is 16.2. The molecule has 0 saturated carbocycles. The number of rotatable bonds is 4. The summed E-state index contributed by atoms with van der Waals surface area (Å²) in [6.07, 6.45) is -9.56. The molecule has 11 nitrogen and oxygen atoms in total. The van der Waals surface area contributed by atoms with Crippen LogP contribution in [0.15, 0.2) is 51.7 Å². The molecule has 32 heavy (non-hydrogen) atoms. The van der Waals surface area contributed by atoms with Gasteiger partial charge in [-0.15, -0.1) is 0 Å². The molecule has 11 heteroatoms. The van der Waals surface area contributed by atoms with Crippen LogP contribution >= 0.6 is 0 Å². The Morgan fingerprint density at radius 2 is 1.62 bits per heavy atom. The molecule has 6 N–H and O–H groups in total. The second kappa shape index (κ2) is 8.13. The molecule has 1 aromatic heterocycles. The van der Waals surface area contributed by atoms with Crippen molar-refractivity contribution >= 4 is 16.9 Å². The first kappa shape index (κ1) is 21.6. The molecule has 1 aliphatic heterocycles. The summed E-state index contributed by atoms with van der Waals surface area (Å²) in [6, 6.07) is 10.8. The number of phenols is 2. The van der Waals surface area contributed by atoms with E-state index >= 15 is 0 Å². The molecule has 2 aromatic carbocycles. The Balaban J connectivity index is 1.77. The van der Waals surface area contributed by atoms with E-state index in [1.54, 1.807) is 30.3 Å². The summed E-state index contributed by atoms with van der Waals surface area (Å²) >= 11 is 0. The lowest BCUT2D eigenvalue weighted by Gasteiger charge is -2.38. The van der Waals surface area contributed by atoms with Crippen molar-refractivity contribution in [3.8, 4) is 28.6 Å². The Morgan fingerprint density at radius 1 is 0.938 bits per heavy atom. The second-order valence-corrected chi connectivity index (χ2v) is 7.14. The summed E-state index contributed by atoms with van der Waals surface area (Å²) in [7, 11) is 0. The number of benzene rings is 2. The van der Waals surface area contributed by atoms with Crippen molar-refractivity contribution in [3.63, 3.8) is 0 Å². The van der Waals surface area contributed by atoms with Gasteiger partial charge in [0.2, 0.25) is 12.0 Å². The summed E-state index contributed by atoms with van der Waals surface area (Å²) in [5.41, 5.74) is -0.265. The molecule has 1 fully saturated rings. The zero-order chi connectivity index (χ0) is 23.2. The van der Waals surface area contributed by atoms with Gasteiger partial charge in [-0.3, -0.25) is 4.79 Å². The SMILES string of the molecule is O=C(O)[C@@H]1O[C@@H](Oc2cc3oc(-c4ccccc4)cc(=O)c3c(O)c2O)[C@H](O)[C@H](O)[C@@H]1O. The predicted molar refractivity (Wildman–Crippen MR) is 106 cm³/mol. The van der Waals surface area contributed by atoms with Gasteiger partial charge in [-0.25, -0.2) is 4.79 Å². The van der Waals surface area contributed by atoms with Gasteiger partial charge < -0.3 is 44.5 Å². The topological polar surface area (TPSA) is 187 Å². The number of hydrogen-bond acceptors (Lipinski definition) is 10. The predicted octanol–water partition coefficient (Wildman–Crippen LogP) is 0.142. The van der Waals surface area contributed by atoms with Crippen LogP contribution in [-0.4, -0.2) is 67.3 Å². The number of phenolic OH excluding ortho intramolecular Hbond substituents is 2. The van der Waals surface area contributed by atoms with Gasteiger partial charge in [-0.1, -0.05) is 30.3 Å². The molecule has 0 aliphatic carbocycles. The molecule has 0 radical (unpaired) electrons. The number of carbonyl (C=O) groups is 1. The summed E-state index contributed by atoms with van der Waals surface area (Å²) in [4.78, 5) is 23.8. The maximum Gasteiger partial charge on any atom is 0.335 e. The molecule has 0 unspecified atom stereocenters. The lowest BCUT2D eigenvalue weighted by Crippen LogP contribution is -2.61. The van der Waals surface area contributed by atoms with E-state index in [0.29, 0.717) is 5.56 Å². The van der Waals surface area contributed by atoms with Gasteiger partial charge in [0.1, 0.15) is 35.0 Å². The number of aliphatic hydroxyl groups excluding tert-OH is 3. The summed E-state index contributed by atoms with van der Waals surface area (Å²) in [6.45, 7) is 0. The Morgan fingerprint density at radius 3 is 2.28 bits per heavy atom. The largest absolute Gasteiger partial charge is 0.504 e. The first-order chi connectivity index (χ1) is 15.2. The molecule has 2 heterocycles. The van der Waals surface area contributed by atoms with Crippen molar-refractivity contribution < 1.29 is 49.3 Å². The van der Waals surface area contributed by atoms with Crippen molar-refractivity contribution in [1.29, 1.82) is 0 Å². The van der Waals surface area contributed by atoms with E-state index in [2.05, 4.69) is 0 Å². The van der Waals surface area contributed by atoms with Crippen molar-refractivity contribution in [2.45, 2.75) is 30.7 Å². The smallest absolute Gasteiger partial charge is 0.335 e. The molecule has 168 valence electrons. The van der Waals surface area contributed by atoms with Gasteiger partial charge in [-0.05, 0) is 0 Å². The number of hydrogen-bond donors (Lipinski definition) is 6. The standard InChI is InChI=1S/C21H18O11/c22-9-6-10(8-4-2-1-3-5-8)30-11-7-12(14(23)15(24)13(9)11)31-21-18(27)16(25)17(26)19(32-21)20(28)29/h1-7,16-19,21,23-27H,(H,28,29)/t16-,17+,18-,19-,21-/m1/s1. The molecule has 1 saturated heterocycles. The lowest BCUT2D eigenvalue weighted by molar-refractivity contribution is -0.271. The molecule has 1 aliphatic rings. The maximum absolute atomic E-state index is 12.5. The van der Waals surface area contributed by atoms with Crippen molar-refractivity contribution in [2.75, 3.05) is 0 Å². The number of fused-ring (bicyclic) bond motifs is 1. The minimum Gasteiger partial charge on any atom is -0.504 e. The van der Waals surface area contributed by atoms with Crippen LogP contribution in [0.25, 0.3) is 22.3 Å². The highest BCUT2D eigenvalue weighted by atomic mass is 16.7. The molecule has 0 bridgehead atoms. The lowest BCUT2D eigenvalue weighted by atomic mass is 9.99. The average Bonchev–Trinajstić information content (AvgIpc) is 2.77. The van der Waals surface area contributed by atoms with Crippen LogP contribution in [0.5, 0.6) is 17.2 Å². The van der Waals surface area contributed by atoms with Gasteiger partial charge in [-0.2, -0.15) is 0 Å². The first-order valence-electron chi connectivity index (χ1n) is 9.36. The number of aromatic hydroxyl groups is 2. The van der Waals surface area contributed by atoms with Crippen LogP contribution in [0.2, 0.25) is 0 Å². The maximum atomic E-state index is 12.5. The van der Waals surface area contributed by atoms with Crippen LogP contribution < -0.4 is 10.2 Å². The normalized spacial score (nSPS) is 25.5. The summed E-state index contributed by atoms with van der Waals surface area (Å²) < 4.78 is 16.0. The molecule has 0 spiro atoms. The highest BCUT2D eigenvalue weighted by Crippen LogP contribution is 2.42. The Hall–Kier alpha value is -3.64. The van der Waals surface area contributed by atoms with Gasteiger partial charge in [0, 0.05) is 17.7 Å². The fraction of sp³-hybridized carbons (Fsp3) is 0.238. The van der Waals surface area contributed by atoms with Crippen LogP contribution in [-0.2, 0) is 9.53 Å². The van der Waals surface area contributed by atoms with E-state index < -0.39 is 59.4 Å². The highest BCUT2D eigenvalue weighted by Gasteiger charge is 2.48. The average molecular weight is 446 g/mol. The van der Waals surface area contributed by atoms with Gasteiger partial charge in [0.05, 0.1) is 0 Å². The van der Waals surface area contributed by atoms with Gasteiger partial charge in [0.25, 0.3) is 0 Å². The summed E-state index contributed by atoms with van der Waals surface area (Å²) in [5, 5.41) is 59.2. The van der Waals surface area contributed by atoms with E-state index in [1.165, 1.54) is 0 Å². The van der Waals surface area contributed by atoms with Gasteiger partial charge >= 0.3 is 5.97 Å². The molecule has 4 rings (SSSR count). The fourth-order valence-corrected chi connectivity index (χ4v) is 3.38. The van der Waals surface area contributed by atoms with E-state index in [0.717, 1.165) is 12.1 Å². The van der Waals surface area contributed by atoms with Gasteiger partial charge in [0.15, 0.2) is 23.0 Å². The Labute approximate surface area is 178 Å². The third kappa shape index (κ3) is 3.63. The van der Waals surface area contributed by atoms with Crippen molar-refractivity contribution in [1.82, 2.24) is 0 Å². The quantitative estimate of drug-likeness (QED) is 0.299. The molecule has 0 amide bonds. The monoisotopic (exact) mass is 446 g/mol. The second-order valence-electron chi connectivity index (χ2n) is 7.14. The van der Waals surface area contributed by atoms with Crippen molar-refractivity contribution in [2.24, 2.45) is 0 Å². The Bertz CT molecular complexity index is 1220. The highest BCUT2D eigenvalue weighted by molar-refractivity contribution is 5.89. The molecular formula is C21H18O11. The first-order valence-corrected chi connectivity index (χ1v) is 9.36. The Kier molecular flexibility index (Phi) is 5.48. The zero-order valence-corrected chi connectivity index (χ0v) is 16.2. The summed E-state index contributed by atoms with van der Waals surface area (Å²) in [5.74, 6) is -3.76. The van der Waals surface area contributed by atoms with E-state index in [4.69, 9.17) is 19.0 Å². The molecular weight excluding hydrogens is 428 g/mol. The van der Waals surface area contributed by atoms with E-state index in [1.807, 2.05) is 0 Å². The number of carboxylic acids is 1. The van der Waals surface area contributed by atoms with E-state index in [9.17, 15) is 35.1 Å². The molecule has 5 atom stereocenters. The minimum atomic E-state index is -1.94.